The van der Waals surface area contributed by atoms with E-state index in [1.165, 1.54) is 25.7 Å². The van der Waals surface area contributed by atoms with Crippen molar-refractivity contribution in [1.29, 1.82) is 0 Å². The van der Waals surface area contributed by atoms with Gasteiger partial charge in [0.15, 0.2) is 0 Å². The van der Waals surface area contributed by atoms with Crippen LogP contribution >= 0.6 is 0 Å². The largest absolute Gasteiger partial charge is 0.383 e. The van der Waals surface area contributed by atoms with Crippen molar-refractivity contribution in [1.82, 2.24) is 9.97 Å². The molecule has 0 aliphatic heterocycles. The summed E-state index contributed by atoms with van der Waals surface area (Å²) in [5, 5.41) is 3.56. The summed E-state index contributed by atoms with van der Waals surface area (Å²) in [7, 11) is 0. The third-order valence-electron chi connectivity index (χ3n) is 4.17. The quantitative estimate of drug-likeness (QED) is 0.854. The smallest absolute Gasteiger partial charge is 0.134 e. The molecule has 1 aromatic rings. The number of nitrogens with zero attached hydrogens (tertiary/aromatic N) is 2. The Bertz CT molecular complexity index is 424. The van der Waals surface area contributed by atoms with Crippen molar-refractivity contribution in [3.8, 4) is 0 Å². The minimum atomic E-state index is 0.463. The standard InChI is InChI=1S/C15H26N4/c1-4-7-13-18-14(16)10(2)15(19-13)17-11(3)12-8-5-6-9-12/h11-12H,4-9H2,1-3H3,(H3,16,17,18,19). The van der Waals surface area contributed by atoms with Gasteiger partial charge in [-0.05, 0) is 39.0 Å². The lowest BCUT2D eigenvalue weighted by atomic mass is 10.00. The monoisotopic (exact) mass is 262 g/mol. The molecule has 4 heteroatoms. The highest BCUT2D eigenvalue weighted by atomic mass is 15.1. The highest BCUT2D eigenvalue weighted by Gasteiger charge is 2.22. The molecule has 0 radical (unpaired) electrons. The topological polar surface area (TPSA) is 63.8 Å². The maximum atomic E-state index is 5.99. The van der Waals surface area contributed by atoms with Gasteiger partial charge in [0.2, 0.25) is 0 Å². The van der Waals surface area contributed by atoms with Gasteiger partial charge in [-0.25, -0.2) is 9.97 Å². The summed E-state index contributed by atoms with van der Waals surface area (Å²) in [5.41, 5.74) is 6.97. The van der Waals surface area contributed by atoms with E-state index in [0.29, 0.717) is 11.9 Å². The van der Waals surface area contributed by atoms with E-state index in [0.717, 1.165) is 36.0 Å². The maximum absolute atomic E-state index is 5.99. The average Bonchev–Trinajstić information content (AvgIpc) is 2.89. The first kappa shape index (κ1) is 14.1. The van der Waals surface area contributed by atoms with E-state index in [2.05, 4.69) is 29.1 Å². The summed E-state index contributed by atoms with van der Waals surface area (Å²) in [4.78, 5) is 8.99. The molecule has 0 bridgehead atoms. The number of nitrogen functional groups attached to an aromatic ring is 1. The van der Waals surface area contributed by atoms with Crippen LogP contribution in [0.5, 0.6) is 0 Å². The third kappa shape index (κ3) is 3.37. The highest BCUT2D eigenvalue weighted by molar-refractivity contribution is 5.55. The van der Waals surface area contributed by atoms with E-state index in [1.54, 1.807) is 0 Å². The van der Waals surface area contributed by atoms with Crippen LogP contribution in [0.25, 0.3) is 0 Å². The number of hydrogen-bond donors (Lipinski definition) is 2. The molecule has 1 unspecified atom stereocenters. The van der Waals surface area contributed by atoms with Gasteiger partial charge in [0, 0.05) is 18.0 Å². The van der Waals surface area contributed by atoms with E-state index in [9.17, 15) is 0 Å². The predicted octanol–water partition coefficient (Wildman–Crippen LogP) is 3.31. The van der Waals surface area contributed by atoms with Crippen LogP contribution in [0.15, 0.2) is 0 Å². The van der Waals surface area contributed by atoms with Gasteiger partial charge in [-0.1, -0.05) is 19.8 Å². The molecule has 1 fully saturated rings. The number of rotatable bonds is 5. The highest BCUT2D eigenvalue weighted by Crippen LogP contribution is 2.30. The van der Waals surface area contributed by atoms with Crippen molar-refractivity contribution < 1.29 is 0 Å². The zero-order valence-corrected chi connectivity index (χ0v) is 12.4. The van der Waals surface area contributed by atoms with Gasteiger partial charge >= 0.3 is 0 Å². The number of hydrogen-bond acceptors (Lipinski definition) is 4. The minimum Gasteiger partial charge on any atom is -0.383 e. The first-order valence-electron chi connectivity index (χ1n) is 7.51. The summed E-state index contributed by atoms with van der Waals surface area (Å²) in [6.45, 7) is 6.38. The summed E-state index contributed by atoms with van der Waals surface area (Å²) in [5.74, 6) is 3.16. The lowest BCUT2D eigenvalue weighted by Crippen LogP contribution is -2.25. The molecule has 1 heterocycles. The van der Waals surface area contributed by atoms with E-state index in [-0.39, 0.29) is 0 Å². The van der Waals surface area contributed by atoms with Crippen LogP contribution in [0.1, 0.15) is 57.3 Å². The fourth-order valence-corrected chi connectivity index (χ4v) is 2.85. The molecule has 1 atom stereocenters. The van der Waals surface area contributed by atoms with Gasteiger partial charge in [0.1, 0.15) is 17.5 Å². The summed E-state index contributed by atoms with van der Waals surface area (Å²) >= 11 is 0. The molecule has 0 amide bonds. The molecule has 3 N–H and O–H groups in total. The van der Waals surface area contributed by atoms with Crippen LogP contribution in [-0.4, -0.2) is 16.0 Å². The fraction of sp³-hybridized carbons (Fsp3) is 0.733. The number of nitrogens with two attached hydrogens (primary N) is 1. The van der Waals surface area contributed by atoms with Crippen LogP contribution in [0.3, 0.4) is 0 Å². The number of aryl methyl sites for hydroxylation is 1. The van der Waals surface area contributed by atoms with E-state index < -0.39 is 0 Å². The lowest BCUT2D eigenvalue weighted by Gasteiger charge is -2.22. The van der Waals surface area contributed by atoms with Crippen LogP contribution in [-0.2, 0) is 6.42 Å². The Hall–Kier alpha value is -1.32. The van der Waals surface area contributed by atoms with Gasteiger partial charge in [-0.15, -0.1) is 0 Å². The SMILES string of the molecule is CCCc1nc(N)c(C)c(NC(C)C2CCCC2)n1. The molecule has 1 aliphatic rings. The number of nitrogens with one attached hydrogen (secondary N) is 1. The fourth-order valence-electron chi connectivity index (χ4n) is 2.85. The van der Waals surface area contributed by atoms with Gasteiger partial charge in [0.05, 0.1) is 0 Å². The molecule has 1 aliphatic carbocycles. The van der Waals surface area contributed by atoms with Crippen molar-refractivity contribution >= 4 is 11.6 Å². The Labute approximate surface area is 116 Å². The second-order valence-corrected chi connectivity index (χ2v) is 5.73. The Morgan fingerprint density at radius 1 is 1.32 bits per heavy atom. The lowest BCUT2D eigenvalue weighted by molar-refractivity contribution is 0.480. The second-order valence-electron chi connectivity index (χ2n) is 5.73. The van der Waals surface area contributed by atoms with Crippen molar-refractivity contribution in [2.24, 2.45) is 5.92 Å². The Balaban J connectivity index is 2.13. The zero-order chi connectivity index (χ0) is 13.8. The van der Waals surface area contributed by atoms with E-state index in [4.69, 9.17) is 5.73 Å². The molecule has 106 valence electrons. The second kappa shape index (κ2) is 6.22. The molecule has 0 aromatic carbocycles. The van der Waals surface area contributed by atoms with Gasteiger partial charge in [-0.2, -0.15) is 0 Å². The van der Waals surface area contributed by atoms with Crippen LogP contribution in [0, 0.1) is 12.8 Å². The molecule has 0 spiro atoms. The first-order valence-corrected chi connectivity index (χ1v) is 7.51. The zero-order valence-electron chi connectivity index (χ0n) is 12.4. The van der Waals surface area contributed by atoms with Crippen LogP contribution in [0.4, 0.5) is 11.6 Å². The first-order chi connectivity index (χ1) is 9.11. The summed E-state index contributed by atoms with van der Waals surface area (Å²) in [6.07, 6.45) is 7.31. The van der Waals surface area contributed by atoms with E-state index in [1.807, 2.05) is 6.92 Å². The van der Waals surface area contributed by atoms with E-state index >= 15 is 0 Å². The average molecular weight is 262 g/mol. The van der Waals surface area contributed by atoms with Crippen molar-refractivity contribution in [2.75, 3.05) is 11.1 Å². The van der Waals surface area contributed by atoms with Crippen molar-refractivity contribution in [2.45, 2.75) is 65.3 Å². The Morgan fingerprint density at radius 2 is 2.00 bits per heavy atom. The maximum Gasteiger partial charge on any atom is 0.134 e. The summed E-state index contributed by atoms with van der Waals surface area (Å²) < 4.78 is 0. The van der Waals surface area contributed by atoms with Gasteiger partial charge < -0.3 is 11.1 Å². The molecule has 19 heavy (non-hydrogen) atoms. The molecular formula is C15H26N4. The summed E-state index contributed by atoms with van der Waals surface area (Å²) in [6, 6.07) is 0.463. The third-order valence-corrected chi connectivity index (χ3v) is 4.17. The Kier molecular flexibility index (Phi) is 4.61. The van der Waals surface area contributed by atoms with Gasteiger partial charge in [-0.3, -0.25) is 0 Å². The minimum absolute atomic E-state index is 0.463. The number of aromatic nitrogens is 2. The molecule has 1 saturated carbocycles. The van der Waals surface area contributed by atoms with Crippen molar-refractivity contribution in [3.63, 3.8) is 0 Å². The molecule has 1 aromatic heterocycles. The van der Waals surface area contributed by atoms with Crippen LogP contribution in [0.2, 0.25) is 0 Å². The van der Waals surface area contributed by atoms with Crippen LogP contribution < -0.4 is 11.1 Å². The van der Waals surface area contributed by atoms with Gasteiger partial charge in [0.25, 0.3) is 0 Å². The van der Waals surface area contributed by atoms with Crippen molar-refractivity contribution in [3.05, 3.63) is 11.4 Å². The molecule has 4 nitrogen and oxygen atoms in total. The predicted molar refractivity (Wildman–Crippen MR) is 80.2 cm³/mol. The Morgan fingerprint density at radius 3 is 2.63 bits per heavy atom. The number of anilines is 2. The molecular weight excluding hydrogens is 236 g/mol. The normalized spacial score (nSPS) is 17.6. The molecule has 0 saturated heterocycles. The molecule has 2 rings (SSSR count).